The lowest BCUT2D eigenvalue weighted by atomic mass is 10.1. The van der Waals surface area contributed by atoms with Crippen molar-refractivity contribution in [2.45, 2.75) is 6.54 Å². The third-order valence-corrected chi connectivity index (χ3v) is 5.92. The molecule has 0 bridgehead atoms. The molecular weight excluding hydrogens is 445 g/mol. The fourth-order valence-electron chi connectivity index (χ4n) is 3.52. The van der Waals surface area contributed by atoms with Gasteiger partial charge in [-0.15, -0.1) is 0 Å². The number of amidine groups is 1. The van der Waals surface area contributed by atoms with Gasteiger partial charge in [0, 0.05) is 22.7 Å². The number of hydrogen-bond acceptors (Lipinski definition) is 5. The highest BCUT2D eigenvalue weighted by atomic mass is 32.2. The Kier molecular flexibility index (Phi) is 5.31. The zero-order chi connectivity index (χ0) is 22.9. The number of carboxylic acids is 1. The lowest BCUT2D eigenvalue weighted by Crippen LogP contribution is -2.19. The molecule has 7 nitrogen and oxygen atoms in total. The minimum Gasteiger partial charge on any atom is -0.475 e. The highest BCUT2D eigenvalue weighted by Gasteiger charge is 2.24. The number of carboxylic acid groups (broad SMARTS) is 1. The molecule has 0 saturated carbocycles. The van der Waals surface area contributed by atoms with E-state index in [0.717, 1.165) is 16.5 Å². The van der Waals surface area contributed by atoms with Crippen molar-refractivity contribution >= 4 is 51.5 Å². The van der Waals surface area contributed by atoms with E-state index in [1.54, 1.807) is 12.1 Å². The molecule has 5 rings (SSSR count). The monoisotopic (exact) mass is 461 g/mol. The van der Waals surface area contributed by atoms with Crippen molar-refractivity contribution in [3.05, 3.63) is 94.7 Å². The average Bonchev–Trinajstić information content (AvgIpc) is 3.49. The summed E-state index contributed by atoms with van der Waals surface area (Å²) in [7, 11) is 0. The number of para-hydroxylation sites is 1. The molecule has 164 valence electrons. The van der Waals surface area contributed by atoms with Crippen LogP contribution in [0.4, 0.5) is 10.1 Å². The number of halogens is 1. The first-order chi connectivity index (χ1) is 16.0. The van der Waals surface area contributed by atoms with Gasteiger partial charge in [-0.3, -0.25) is 4.79 Å². The van der Waals surface area contributed by atoms with Gasteiger partial charge in [-0.2, -0.15) is 0 Å². The van der Waals surface area contributed by atoms with Crippen LogP contribution in [0.1, 0.15) is 21.9 Å². The molecule has 0 radical (unpaired) electrons. The average molecular weight is 461 g/mol. The number of aromatic carboxylic acids is 1. The number of fused-ring (bicyclic) bond motifs is 1. The summed E-state index contributed by atoms with van der Waals surface area (Å²) in [5.74, 6) is -1.35. The van der Waals surface area contributed by atoms with Crippen molar-refractivity contribution in [1.82, 2.24) is 9.88 Å². The minimum absolute atomic E-state index is 0.115. The summed E-state index contributed by atoms with van der Waals surface area (Å²) in [6, 6.07) is 16.5. The summed E-state index contributed by atoms with van der Waals surface area (Å²) >= 11 is 1.20. The molecule has 1 saturated heterocycles. The maximum absolute atomic E-state index is 13.1. The van der Waals surface area contributed by atoms with Gasteiger partial charge in [0.05, 0.1) is 17.1 Å². The number of nitrogens with zero attached hydrogens (tertiary/aromatic N) is 2. The Labute approximate surface area is 191 Å². The molecule has 9 heteroatoms. The number of aromatic nitrogens is 1. The third-order valence-electron chi connectivity index (χ3n) is 5.01. The van der Waals surface area contributed by atoms with Gasteiger partial charge < -0.3 is 19.4 Å². The van der Waals surface area contributed by atoms with E-state index in [9.17, 15) is 14.0 Å². The van der Waals surface area contributed by atoms with Gasteiger partial charge in [0.25, 0.3) is 5.91 Å². The maximum atomic E-state index is 13.1. The molecular formula is C24H16FN3O4S. The Morgan fingerprint density at radius 2 is 1.94 bits per heavy atom. The third kappa shape index (κ3) is 4.31. The van der Waals surface area contributed by atoms with Crippen LogP contribution in [0.15, 0.2) is 81.2 Å². The van der Waals surface area contributed by atoms with Gasteiger partial charge in [0.1, 0.15) is 11.6 Å². The van der Waals surface area contributed by atoms with E-state index in [2.05, 4.69) is 10.3 Å². The molecule has 2 aromatic heterocycles. The lowest BCUT2D eigenvalue weighted by molar-refractivity contribution is -0.115. The zero-order valence-electron chi connectivity index (χ0n) is 17.0. The summed E-state index contributed by atoms with van der Waals surface area (Å²) < 4.78 is 20.4. The van der Waals surface area contributed by atoms with Crippen LogP contribution in [0, 0.1) is 5.82 Å². The second-order valence-electron chi connectivity index (χ2n) is 7.26. The maximum Gasteiger partial charge on any atom is 0.371 e. The Morgan fingerprint density at radius 3 is 2.70 bits per heavy atom. The second kappa shape index (κ2) is 8.44. The number of aliphatic imine (C=N–C) groups is 1. The summed E-state index contributed by atoms with van der Waals surface area (Å²) in [5.41, 5.74) is 2.29. The largest absolute Gasteiger partial charge is 0.475 e. The number of rotatable bonds is 5. The van der Waals surface area contributed by atoms with Crippen LogP contribution >= 0.6 is 11.8 Å². The number of furan rings is 1. The summed E-state index contributed by atoms with van der Waals surface area (Å²) in [6.07, 6.45) is 3.68. The predicted octanol–water partition coefficient (Wildman–Crippen LogP) is 5.01. The highest BCUT2D eigenvalue weighted by Crippen LogP contribution is 2.31. The van der Waals surface area contributed by atoms with Crippen molar-refractivity contribution in [3.63, 3.8) is 0 Å². The van der Waals surface area contributed by atoms with Crippen LogP contribution in [-0.4, -0.2) is 26.7 Å². The van der Waals surface area contributed by atoms with E-state index in [1.165, 1.54) is 42.1 Å². The Morgan fingerprint density at radius 1 is 1.15 bits per heavy atom. The predicted molar refractivity (Wildman–Crippen MR) is 124 cm³/mol. The Balaban J connectivity index is 1.45. The number of amides is 1. The van der Waals surface area contributed by atoms with Gasteiger partial charge in [-0.1, -0.05) is 18.2 Å². The molecule has 3 heterocycles. The Hall–Kier alpha value is -4.11. The first-order valence-electron chi connectivity index (χ1n) is 9.91. The summed E-state index contributed by atoms with van der Waals surface area (Å²) in [6.45, 7) is 0.341. The number of benzene rings is 2. The molecule has 4 aromatic rings. The van der Waals surface area contributed by atoms with Crippen molar-refractivity contribution in [2.75, 3.05) is 0 Å². The molecule has 2 aromatic carbocycles. The van der Waals surface area contributed by atoms with Gasteiger partial charge in [-0.25, -0.2) is 14.2 Å². The first-order valence-corrected chi connectivity index (χ1v) is 10.7. The number of carbonyl (C=O) groups is 2. The molecule has 1 aliphatic heterocycles. The van der Waals surface area contributed by atoms with Crippen LogP contribution in [-0.2, 0) is 11.3 Å². The van der Waals surface area contributed by atoms with E-state index in [-0.39, 0.29) is 17.5 Å². The molecule has 33 heavy (non-hydrogen) atoms. The molecule has 1 aliphatic rings. The SMILES string of the molecule is O=C1NC(=Nc2ccc(F)cc2)S/C1=C\c1cn(Cc2ccc(C(=O)O)o2)c2ccccc12. The summed E-state index contributed by atoms with van der Waals surface area (Å²) in [5, 5.41) is 13.2. The van der Waals surface area contributed by atoms with E-state index < -0.39 is 5.97 Å². The molecule has 0 spiro atoms. The van der Waals surface area contributed by atoms with Gasteiger partial charge >= 0.3 is 5.97 Å². The van der Waals surface area contributed by atoms with E-state index >= 15 is 0 Å². The van der Waals surface area contributed by atoms with Crippen molar-refractivity contribution in [3.8, 4) is 0 Å². The Bertz CT molecular complexity index is 1450. The van der Waals surface area contributed by atoms with Crippen molar-refractivity contribution in [2.24, 2.45) is 4.99 Å². The molecule has 0 atom stereocenters. The molecule has 1 amide bonds. The molecule has 2 N–H and O–H groups in total. The molecule has 0 aliphatic carbocycles. The zero-order valence-corrected chi connectivity index (χ0v) is 17.8. The van der Waals surface area contributed by atoms with Crippen LogP contribution < -0.4 is 5.32 Å². The number of hydrogen-bond donors (Lipinski definition) is 2. The van der Waals surface area contributed by atoms with Crippen molar-refractivity contribution < 1.29 is 23.5 Å². The van der Waals surface area contributed by atoms with Gasteiger partial charge in [0.2, 0.25) is 5.76 Å². The van der Waals surface area contributed by atoms with E-state index in [1.807, 2.05) is 35.0 Å². The van der Waals surface area contributed by atoms with Gasteiger partial charge in [-0.05, 0) is 60.3 Å². The first kappa shape index (κ1) is 20.8. The van der Waals surface area contributed by atoms with E-state index in [4.69, 9.17) is 9.52 Å². The topological polar surface area (TPSA) is 96.8 Å². The minimum atomic E-state index is -1.12. The normalized spacial score (nSPS) is 16.1. The molecule has 1 fully saturated rings. The molecule has 0 unspecified atom stereocenters. The summed E-state index contributed by atoms with van der Waals surface area (Å²) in [4.78, 5) is 28.4. The van der Waals surface area contributed by atoms with Crippen LogP contribution in [0.5, 0.6) is 0 Å². The highest BCUT2D eigenvalue weighted by molar-refractivity contribution is 8.18. The van der Waals surface area contributed by atoms with Crippen LogP contribution in [0.2, 0.25) is 0 Å². The standard InChI is InChI=1S/C24H16FN3O4S/c25-15-5-7-16(8-6-15)26-24-27-22(29)21(33-24)11-14-12-28(19-4-2-1-3-18(14)19)13-17-9-10-20(32-17)23(30)31/h1-12H,13H2,(H,30,31)(H,26,27,29)/b21-11-. The number of thioether (sulfide) groups is 1. The number of carbonyl (C=O) groups excluding carboxylic acids is 1. The fraction of sp³-hybridized carbons (Fsp3) is 0.0417. The quantitative estimate of drug-likeness (QED) is 0.407. The van der Waals surface area contributed by atoms with Crippen LogP contribution in [0.3, 0.4) is 0 Å². The second-order valence-corrected chi connectivity index (χ2v) is 8.29. The fourth-order valence-corrected chi connectivity index (χ4v) is 4.35. The lowest BCUT2D eigenvalue weighted by Gasteiger charge is -2.02. The smallest absolute Gasteiger partial charge is 0.371 e. The van der Waals surface area contributed by atoms with Crippen LogP contribution in [0.25, 0.3) is 17.0 Å². The number of nitrogens with one attached hydrogen (secondary N) is 1. The van der Waals surface area contributed by atoms with E-state index in [0.29, 0.717) is 28.1 Å². The van der Waals surface area contributed by atoms with Gasteiger partial charge in [0.15, 0.2) is 5.17 Å². The van der Waals surface area contributed by atoms with Crippen molar-refractivity contribution in [1.29, 1.82) is 0 Å².